The Hall–Kier alpha value is -0.860. The second-order valence-electron chi connectivity index (χ2n) is 0.581. The van der Waals surface area contributed by atoms with Gasteiger partial charge in [0.25, 0.3) is 0 Å². The molecule has 0 spiro atoms. The van der Waals surface area contributed by atoms with Crippen LogP contribution in [0.5, 0.6) is 0 Å². The molecule has 0 aliphatic heterocycles. The average Bonchev–Trinajstić information content (AvgIpc) is 1.76. The molecule has 1 aromatic heterocycles. The molecule has 1 rings (SSSR count). The molecule has 1 aromatic rings. The monoisotopic (exact) mass is 71.0 g/mol. The van der Waals surface area contributed by atoms with Crippen molar-refractivity contribution in [3.8, 4) is 0 Å². The molecule has 0 fully saturated rings. The molecule has 0 amide bonds. The molecule has 0 unspecified atom stereocenters. The van der Waals surface area contributed by atoms with Gasteiger partial charge < -0.3 is 4.52 Å². The van der Waals surface area contributed by atoms with Crippen molar-refractivity contribution in [1.82, 2.24) is 10.1 Å². The van der Waals surface area contributed by atoms with Crippen LogP contribution in [0.4, 0.5) is 0 Å². The second-order valence-corrected chi connectivity index (χ2v) is 0.581. The standard InChI is InChI=1S/C2H2N2O/c1-3-2-5-4-1/h1-2H/p+1. The Balaban J connectivity index is 0.000000250. The first-order valence-electron chi connectivity index (χ1n) is 1.19. The minimum Gasteiger partial charge on any atom is -0.343 e. The fourth-order valence-corrected chi connectivity index (χ4v) is 0.136. The zero-order valence-corrected chi connectivity index (χ0v) is 2.46. The number of hydrogen-bond donors (Lipinski definition) is 0. The third-order valence-corrected chi connectivity index (χ3v) is 0.283. The Morgan fingerprint density at radius 3 is 3.00 bits per heavy atom. The van der Waals surface area contributed by atoms with Crippen LogP contribution >= 0.6 is 0 Å². The van der Waals surface area contributed by atoms with Gasteiger partial charge in [-0.3, -0.25) is 0 Å². The van der Waals surface area contributed by atoms with Crippen molar-refractivity contribution in [3.05, 3.63) is 12.7 Å². The number of hydrogen-bond acceptors (Lipinski definition) is 3. The van der Waals surface area contributed by atoms with Gasteiger partial charge in [-0.15, -0.1) is 0 Å². The Labute approximate surface area is 30.1 Å². The quantitative estimate of drug-likeness (QED) is 0.438. The van der Waals surface area contributed by atoms with Gasteiger partial charge in [0.15, 0.2) is 6.33 Å². The van der Waals surface area contributed by atoms with Crippen molar-refractivity contribution >= 4 is 0 Å². The minimum atomic E-state index is 0. The van der Waals surface area contributed by atoms with Crippen LogP contribution in [0.25, 0.3) is 0 Å². The second kappa shape index (κ2) is 0.839. The lowest BCUT2D eigenvalue weighted by atomic mass is 11.3. The highest BCUT2D eigenvalue weighted by Crippen LogP contribution is 1.62. The van der Waals surface area contributed by atoms with E-state index in [1.807, 2.05) is 0 Å². The Bertz CT molecular complexity index is 68.0. The predicted octanol–water partition coefficient (Wildman–Crippen LogP) is 0.182. The molecule has 26 valence electrons. The van der Waals surface area contributed by atoms with Crippen molar-refractivity contribution in [1.29, 1.82) is 0 Å². The first-order valence-corrected chi connectivity index (χ1v) is 1.19. The van der Waals surface area contributed by atoms with Crippen LogP contribution in [0.2, 0.25) is 0 Å². The minimum absolute atomic E-state index is 0. The number of rotatable bonds is 0. The van der Waals surface area contributed by atoms with Crippen LogP contribution in [0, 0.1) is 0 Å². The molecule has 0 radical (unpaired) electrons. The Kier molecular flexibility index (Phi) is 0.400. The van der Waals surface area contributed by atoms with Crippen LogP contribution in [-0.4, -0.2) is 10.1 Å². The zero-order chi connectivity index (χ0) is 3.54. The van der Waals surface area contributed by atoms with Gasteiger partial charge in [0, 0.05) is 0 Å². The molecule has 0 aliphatic rings. The Morgan fingerprint density at radius 1 is 1.80 bits per heavy atom. The molecule has 0 aliphatic carbocycles. The van der Waals surface area contributed by atoms with Gasteiger partial charge in [-0.25, -0.2) is 4.98 Å². The van der Waals surface area contributed by atoms with E-state index in [9.17, 15) is 0 Å². The lowest BCUT2D eigenvalue weighted by Crippen LogP contribution is -1.44. The van der Waals surface area contributed by atoms with Gasteiger partial charge in [-0.1, -0.05) is 5.16 Å². The third-order valence-electron chi connectivity index (χ3n) is 0.283. The van der Waals surface area contributed by atoms with E-state index < -0.39 is 0 Å². The number of aromatic nitrogens is 2. The average molecular weight is 71.1 g/mol. The fourth-order valence-electron chi connectivity index (χ4n) is 0.136. The summed E-state index contributed by atoms with van der Waals surface area (Å²) in [4.78, 5) is 3.44. The first-order chi connectivity index (χ1) is 2.50. The van der Waals surface area contributed by atoms with E-state index in [0.29, 0.717) is 0 Å². The number of nitrogens with zero attached hydrogens (tertiary/aromatic N) is 2. The summed E-state index contributed by atoms with van der Waals surface area (Å²) < 4.78 is 4.22. The summed E-state index contributed by atoms with van der Waals surface area (Å²) in [5.74, 6) is 0. The van der Waals surface area contributed by atoms with Crippen LogP contribution in [0.15, 0.2) is 17.2 Å². The van der Waals surface area contributed by atoms with E-state index in [0.717, 1.165) is 0 Å². The SMILES string of the molecule is [H+].c1ncon1. The summed E-state index contributed by atoms with van der Waals surface area (Å²) in [6.45, 7) is 0. The van der Waals surface area contributed by atoms with E-state index in [1.165, 1.54) is 12.7 Å². The van der Waals surface area contributed by atoms with Crippen LogP contribution < -0.4 is 0 Å². The summed E-state index contributed by atoms with van der Waals surface area (Å²) in [7, 11) is 0. The van der Waals surface area contributed by atoms with Gasteiger partial charge >= 0.3 is 1.43 Å². The first kappa shape index (κ1) is 2.38. The van der Waals surface area contributed by atoms with Crippen molar-refractivity contribution in [2.24, 2.45) is 0 Å². The molecule has 0 saturated carbocycles. The summed E-state index contributed by atoms with van der Waals surface area (Å²) in [6.07, 6.45) is 2.60. The van der Waals surface area contributed by atoms with E-state index in [4.69, 9.17) is 0 Å². The van der Waals surface area contributed by atoms with Crippen molar-refractivity contribution in [2.45, 2.75) is 0 Å². The molecular formula is C2H3N2O+. The molecular weight excluding hydrogens is 68.0 g/mol. The lowest BCUT2D eigenvalue weighted by molar-refractivity contribution is 0.416. The fraction of sp³-hybridized carbons (Fsp3) is 0. The topological polar surface area (TPSA) is 38.9 Å². The third kappa shape index (κ3) is 0.238. The molecule has 0 bridgehead atoms. The smallest absolute Gasteiger partial charge is 0.343 e. The maximum absolute atomic E-state index is 4.22. The van der Waals surface area contributed by atoms with Crippen LogP contribution in [0.3, 0.4) is 0 Å². The Morgan fingerprint density at radius 2 is 2.80 bits per heavy atom. The molecule has 3 nitrogen and oxygen atoms in total. The molecule has 0 aromatic carbocycles. The summed E-state index contributed by atoms with van der Waals surface area (Å²) in [5.41, 5.74) is 0. The van der Waals surface area contributed by atoms with E-state index in [1.54, 1.807) is 0 Å². The molecule has 0 saturated heterocycles. The highest BCUT2D eigenvalue weighted by Gasteiger charge is 1.60. The maximum Gasteiger partial charge on any atom is 1.00 e. The van der Waals surface area contributed by atoms with Crippen LogP contribution in [0.1, 0.15) is 1.43 Å². The van der Waals surface area contributed by atoms with Gasteiger partial charge in [0.1, 0.15) is 0 Å². The van der Waals surface area contributed by atoms with Crippen molar-refractivity contribution in [2.75, 3.05) is 0 Å². The normalized spacial score (nSPS) is 8.00. The molecule has 3 heteroatoms. The summed E-state index contributed by atoms with van der Waals surface area (Å²) in [5, 5.41) is 3.24. The van der Waals surface area contributed by atoms with Gasteiger partial charge in [-0.2, -0.15) is 0 Å². The predicted molar refractivity (Wildman–Crippen MR) is 15.4 cm³/mol. The van der Waals surface area contributed by atoms with Crippen LogP contribution in [-0.2, 0) is 0 Å². The summed E-state index contributed by atoms with van der Waals surface area (Å²) in [6, 6.07) is 0. The molecule has 0 atom stereocenters. The molecule has 1 heterocycles. The van der Waals surface area contributed by atoms with Gasteiger partial charge in [0.05, 0.1) is 0 Å². The van der Waals surface area contributed by atoms with Crippen molar-refractivity contribution < 1.29 is 5.95 Å². The van der Waals surface area contributed by atoms with Gasteiger partial charge in [-0.05, 0) is 0 Å². The van der Waals surface area contributed by atoms with E-state index >= 15 is 0 Å². The maximum atomic E-state index is 4.22. The highest BCUT2D eigenvalue weighted by molar-refractivity contribution is 4.35. The summed E-state index contributed by atoms with van der Waals surface area (Å²) >= 11 is 0. The van der Waals surface area contributed by atoms with E-state index in [-0.39, 0.29) is 1.43 Å². The molecule has 0 N–H and O–H groups in total. The largest absolute Gasteiger partial charge is 1.00 e. The van der Waals surface area contributed by atoms with Crippen molar-refractivity contribution in [3.63, 3.8) is 0 Å². The van der Waals surface area contributed by atoms with Gasteiger partial charge in [0.2, 0.25) is 6.39 Å². The highest BCUT2D eigenvalue weighted by atomic mass is 16.5. The van der Waals surface area contributed by atoms with E-state index in [2.05, 4.69) is 14.7 Å². The zero-order valence-electron chi connectivity index (χ0n) is 3.46. The lowest BCUT2D eigenvalue weighted by Gasteiger charge is -1.45. The molecule has 5 heavy (non-hydrogen) atoms.